The molecule has 1 saturated carbocycles. The Hall–Kier alpha value is -2.56. The van der Waals surface area contributed by atoms with Gasteiger partial charge in [0.25, 0.3) is 5.91 Å². The Kier molecular flexibility index (Phi) is 5.22. The van der Waals surface area contributed by atoms with Gasteiger partial charge in [0.15, 0.2) is 0 Å². The topological polar surface area (TPSA) is 57.3 Å². The molecule has 2 aromatic rings. The van der Waals surface area contributed by atoms with Gasteiger partial charge in [-0.05, 0) is 69.5 Å². The van der Waals surface area contributed by atoms with Crippen LogP contribution in [-0.4, -0.2) is 30.0 Å². The molecule has 1 aliphatic rings. The smallest absolute Gasteiger partial charge is 0.257 e. The lowest BCUT2D eigenvalue weighted by Gasteiger charge is -2.22. The number of rotatable bonds is 7. The van der Waals surface area contributed by atoms with Crippen molar-refractivity contribution in [1.29, 1.82) is 0 Å². The van der Waals surface area contributed by atoms with E-state index in [4.69, 9.17) is 0 Å². The number of carbonyl (C=O) groups is 1. The minimum Gasteiger partial charge on any atom is -0.372 e. The Morgan fingerprint density at radius 3 is 2.52 bits per heavy atom. The molecule has 1 fully saturated rings. The fourth-order valence-corrected chi connectivity index (χ4v) is 2.82. The Labute approximate surface area is 149 Å². The van der Waals surface area contributed by atoms with Crippen molar-refractivity contribution in [3.05, 3.63) is 47.7 Å². The maximum atomic E-state index is 12.5. The summed E-state index contributed by atoms with van der Waals surface area (Å²) in [5.74, 6) is 0.697. The normalized spacial score (nSPS) is 13.4. The second kappa shape index (κ2) is 7.55. The standard InChI is InChI=1S/C20H26N4O/c1-4-24(5-2)17-9-10-18(14(3)12-17)23-20(25)15-6-11-19(21-13-15)22-16-7-8-16/h6,9-13,16H,4-5,7-8H2,1-3H3,(H,21,22)(H,23,25). The third-order valence-electron chi connectivity index (χ3n) is 4.54. The summed E-state index contributed by atoms with van der Waals surface area (Å²) in [5.41, 5.74) is 3.63. The maximum absolute atomic E-state index is 12.5. The van der Waals surface area contributed by atoms with E-state index in [1.54, 1.807) is 6.20 Å². The van der Waals surface area contributed by atoms with Crippen molar-refractivity contribution in [1.82, 2.24) is 4.98 Å². The fraction of sp³-hybridized carbons (Fsp3) is 0.400. The summed E-state index contributed by atoms with van der Waals surface area (Å²) in [6.45, 7) is 8.24. The second-order valence-electron chi connectivity index (χ2n) is 6.48. The highest BCUT2D eigenvalue weighted by Gasteiger charge is 2.21. The second-order valence-corrected chi connectivity index (χ2v) is 6.48. The van der Waals surface area contributed by atoms with Crippen LogP contribution in [0.1, 0.15) is 42.6 Å². The molecule has 2 N–H and O–H groups in total. The van der Waals surface area contributed by atoms with Crippen LogP contribution in [0.4, 0.5) is 17.2 Å². The number of nitrogens with one attached hydrogen (secondary N) is 2. The van der Waals surface area contributed by atoms with Gasteiger partial charge in [0.05, 0.1) is 5.56 Å². The van der Waals surface area contributed by atoms with Gasteiger partial charge in [-0.1, -0.05) is 0 Å². The molecule has 1 aliphatic carbocycles. The summed E-state index contributed by atoms with van der Waals surface area (Å²) in [4.78, 5) is 19.1. The molecule has 1 amide bonds. The molecule has 0 aliphatic heterocycles. The summed E-state index contributed by atoms with van der Waals surface area (Å²) in [5, 5.41) is 6.30. The zero-order valence-electron chi connectivity index (χ0n) is 15.2. The van der Waals surface area contributed by atoms with Crippen molar-refractivity contribution in [3.63, 3.8) is 0 Å². The molecule has 0 radical (unpaired) electrons. The number of hydrogen-bond acceptors (Lipinski definition) is 4. The number of hydrogen-bond donors (Lipinski definition) is 2. The van der Waals surface area contributed by atoms with E-state index in [1.165, 1.54) is 18.5 Å². The van der Waals surface area contributed by atoms with Crippen LogP contribution in [0.25, 0.3) is 0 Å². The van der Waals surface area contributed by atoms with Crippen molar-refractivity contribution in [2.75, 3.05) is 28.6 Å². The summed E-state index contributed by atoms with van der Waals surface area (Å²) in [6.07, 6.45) is 4.03. The molecule has 5 nitrogen and oxygen atoms in total. The average Bonchev–Trinajstić information content (AvgIpc) is 3.43. The quantitative estimate of drug-likeness (QED) is 0.799. The molecule has 1 aromatic carbocycles. The first-order valence-electron chi connectivity index (χ1n) is 9.00. The van der Waals surface area contributed by atoms with E-state index >= 15 is 0 Å². The van der Waals surface area contributed by atoms with Crippen LogP contribution >= 0.6 is 0 Å². The van der Waals surface area contributed by atoms with Crippen molar-refractivity contribution >= 4 is 23.1 Å². The molecule has 132 valence electrons. The molecule has 3 rings (SSSR count). The number of amides is 1. The summed E-state index contributed by atoms with van der Waals surface area (Å²) in [6, 6.07) is 10.4. The molecule has 0 spiro atoms. The molecular formula is C20H26N4O. The highest BCUT2D eigenvalue weighted by atomic mass is 16.1. The number of pyridine rings is 1. The average molecular weight is 338 g/mol. The van der Waals surface area contributed by atoms with Gasteiger partial charge in [0.1, 0.15) is 5.82 Å². The predicted molar refractivity (Wildman–Crippen MR) is 104 cm³/mol. The summed E-state index contributed by atoms with van der Waals surface area (Å²) >= 11 is 0. The van der Waals surface area contributed by atoms with E-state index < -0.39 is 0 Å². The van der Waals surface area contributed by atoms with E-state index in [0.29, 0.717) is 11.6 Å². The lowest BCUT2D eigenvalue weighted by molar-refractivity contribution is 0.102. The SMILES string of the molecule is CCN(CC)c1ccc(NC(=O)c2ccc(NC3CC3)nc2)c(C)c1. The minimum absolute atomic E-state index is 0.135. The number of aromatic nitrogens is 1. The van der Waals surface area contributed by atoms with Crippen LogP contribution < -0.4 is 15.5 Å². The first-order valence-corrected chi connectivity index (χ1v) is 9.00. The molecule has 0 saturated heterocycles. The van der Waals surface area contributed by atoms with Gasteiger partial charge in [0.2, 0.25) is 0 Å². The van der Waals surface area contributed by atoms with Crippen molar-refractivity contribution in [2.24, 2.45) is 0 Å². The van der Waals surface area contributed by atoms with E-state index in [-0.39, 0.29) is 5.91 Å². The Bertz CT molecular complexity index is 734. The lowest BCUT2D eigenvalue weighted by atomic mass is 10.1. The van der Waals surface area contributed by atoms with E-state index in [0.717, 1.165) is 30.2 Å². The predicted octanol–water partition coefficient (Wildman–Crippen LogP) is 4.06. The first kappa shape index (κ1) is 17.3. The van der Waals surface area contributed by atoms with Crippen LogP contribution in [0.5, 0.6) is 0 Å². The van der Waals surface area contributed by atoms with Crippen molar-refractivity contribution in [2.45, 2.75) is 39.7 Å². The third kappa shape index (κ3) is 4.29. The van der Waals surface area contributed by atoms with E-state index in [9.17, 15) is 4.79 Å². The largest absolute Gasteiger partial charge is 0.372 e. The monoisotopic (exact) mass is 338 g/mol. The van der Waals surface area contributed by atoms with Crippen LogP contribution in [0, 0.1) is 6.92 Å². The molecule has 0 atom stereocenters. The van der Waals surface area contributed by atoms with Gasteiger partial charge < -0.3 is 15.5 Å². The fourth-order valence-electron chi connectivity index (χ4n) is 2.82. The van der Waals surface area contributed by atoms with Gasteiger partial charge in [-0.15, -0.1) is 0 Å². The number of benzene rings is 1. The van der Waals surface area contributed by atoms with Crippen LogP contribution in [0.3, 0.4) is 0 Å². The zero-order chi connectivity index (χ0) is 17.8. The first-order chi connectivity index (χ1) is 12.1. The number of carbonyl (C=O) groups excluding carboxylic acids is 1. The molecule has 1 heterocycles. The van der Waals surface area contributed by atoms with E-state index in [2.05, 4.69) is 46.5 Å². The molecule has 0 bridgehead atoms. The van der Waals surface area contributed by atoms with Gasteiger partial charge in [-0.2, -0.15) is 0 Å². The Morgan fingerprint density at radius 2 is 1.96 bits per heavy atom. The van der Waals surface area contributed by atoms with E-state index in [1.807, 2.05) is 25.1 Å². The maximum Gasteiger partial charge on any atom is 0.257 e. The number of aryl methyl sites for hydroxylation is 1. The third-order valence-corrected chi connectivity index (χ3v) is 4.54. The summed E-state index contributed by atoms with van der Waals surface area (Å²) < 4.78 is 0. The van der Waals surface area contributed by atoms with Crippen LogP contribution in [0.2, 0.25) is 0 Å². The van der Waals surface area contributed by atoms with Crippen LogP contribution in [0.15, 0.2) is 36.5 Å². The molecule has 0 unspecified atom stereocenters. The highest BCUT2D eigenvalue weighted by molar-refractivity contribution is 6.04. The lowest BCUT2D eigenvalue weighted by Crippen LogP contribution is -2.22. The van der Waals surface area contributed by atoms with Gasteiger partial charge in [0, 0.05) is 36.7 Å². The number of nitrogens with zero attached hydrogens (tertiary/aromatic N) is 2. The van der Waals surface area contributed by atoms with Crippen molar-refractivity contribution < 1.29 is 4.79 Å². The Morgan fingerprint density at radius 1 is 1.20 bits per heavy atom. The number of anilines is 3. The van der Waals surface area contributed by atoms with Crippen LogP contribution in [-0.2, 0) is 0 Å². The van der Waals surface area contributed by atoms with Crippen molar-refractivity contribution in [3.8, 4) is 0 Å². The Balaban J connectivity index is 1.67. The molecule has 25 heavy (non-hydrogen) atoms. The zero-order valence-corrected chi connectivity index (χ0v) is 15.2. The highest BCUT2D eigenvalue weighted by Crippen LogP contribution is 2.25. The van der Waals surface area contributed by atoms with Gasteiger partial charge in [-0.25, -0.2) is 4.98 Å². The molecule has 5 heteroatoms. The molecular weight excluding hydrogens is 312 g/mol. The van der Waals surface area contributed by atoms with Gasteiger partial charge in [-0.3, -0.25) is 4.79 Å². The summed E-state index contributed by atoms with van der Waals surface area (Å²) in [7, 11) is 0. The molecule has 1 aromatic heterocycles. The van der Waals surface area contributed by atoms with Gasteiger partial charge >= 0.3 is 0 Å². The minimum atomic E-state index is -0.135.